The van der Waals surface area contributed by atoms with Gasteiger partial charge in [0.15, 0.2) is 0 Å². The molecule has 13 nitrogen and oxygen atoms in total. The SMILES string of the molecule is C1CC2(C1)CCC2.C1CC2(C1)CNC2.C1CC2(C1)CNC2.C1CC2(CCO1)CC2.C1CCC2(C1)CCNC2.C1CCC2(C1)CCNC2.C1CCC2(C1)CCOC2.C1CCC2(C1)CNC2.C1CCC2(C1)CNC2.C1CCC2(C1)COC2.C1CCC2(C1)COC2.C1CCC2(CC1)CCC2.C1CCC2(CCC2)OC1.C1COC2(CC2)CN1. The van der Waals surface area contributed by atoms with Crippen LogP contribution < -0.4 is 37.2 Å². The van der Waals surface area contributed by atoms with Gasteiger partial charge in [0.2, 0.25) is 0 Å². The van der Waals surface area contributed by atoms with Crippen LogP contribution in [0.5, 0.6) is 0 Å². The average molecular weight is 1590 g/mol. The Morgan fingerprint density at radius 2 is 0.404 bits per heavy atom. The van der Waals surface area contributed by atoms with Crippen molar-refractivity contribution in [3.8, 4) is 0 Å². The molecule has 12 aliphatic heterocycles. The van der Waals surface area contributed by atoms with Gasteiger partial charge in [0.05, 0.1) is 50.8 Å². The summed E-state index contributed by atoms with van der Waals surface area (Å²) in [5.74, 6) is 0. The quantitative estimate of drug-likeness (QED) is 0.124. The van der Waals surface area contributed by atoms with E-state index >= 15 is 0 Å². The van der Waals surface area contributed by atoms with E-state index in [-0.39, 0.29) is 0 Å². The molecule has 114 heavy (non-hydrogen) atoms. The number of nitrogens with one attached hydrogen (secondary N) is 7. The molecule has 0 radical (unpaired) electrons. The molecule has 0 aromatic carbocycles. The van der Waals surface area contributed by atoms with Crippen LogP contribution in [0.25, 0.3) is 0 Å². The minimum Gasteiger partial charge on any atom is -0.381 e. The summed E-state index contributed by atoms with van der Waals surface area (Å²) >= 11 is 0. The van der Waals surface area contributed by atoms with Gasteiger partial charge in [-0.15, -0.1) is 0 Å². The first-order valence-corrected chi connectivity index (χ1v) is 51.3. The largest absolute Gasteiger partial charge is 0.381 e. The molecular formula is C101H181N7O6. The van der Waals surface area contributed by atoms with Crippen LogP contribution in [-0.2, 0) is 28.4 Å². The highest BCUT2D eigenvalue weighted by molar-refractivity contribution is 5.03. The van der Waals surface area contributed by atoms with Gasteiger partial charge in [0.1, 0.15) is 0 Å². The van der Waals surface area contributed by atoms with Gasteiger partial charge in [-0.25, -0.2) is 0 Å². The molecule has 13 heteroatoms. The molecule has 0 aromatic heterocycles. The summed E-state index contributed by atoms with van der Waals surface area (Å²) in [6.07, 6.45) is 92.4. The standard InChI is InChI=1S/C9H16.2C8H15N.2C8H14O.2C7H13N.3C7H12O.C7H12.C6H11NO.2C6H11N/c1-2-5-9(6-3-1)7-4-8-9;2*1-2-4-8(3-1)5-6-9-7-8;1-2-7-9-8(4-1)5-3-6-8;1-2-4-8(3-1)5-6-9-7-8;2*1-2-4-7(3-1)5-8-6-7;1-2-7(1)3-5-8-6-4-7;2*1-2-4-7(3-1)5-8-6-7;1-3-7(4-1)5-2-6-7;1-2-6(1)5-7-3-4-8-6;2*1-2-6(3-1)4-7-5-6/h1-8H2;2*9H,1-7H2;2*1-7H2;2*8H,1-6H2;3*1-6H2;1-6H2;7H,1-5H2;2*7H,1-5H2. The molecule has 28 aliphatic rings. The van der Waals surface area contributed by atoms with Crippen molar-refractivity contribution in [3.63, 3.8) is 0 Å². The normalized spacial score (nSPS) is 32.8. The molecule has 0 unspecified atom stereocenters. The van der Waals surface area contributed by atoms with E-state index in [0.717, 1.165) is 128 Å². The number of morpholine rings is 1. The van der Waals surface area contributed by atoms with Gasteiger partial charge in [-0.3, -0.25) is 0 Å². The summed E-state index contributed by atoms with van der Waals surface area (Å²) in [5.41, 5.74) is 10.3. The molecular weight excluding hydrogens is 1410 g/mol. The van der Waals surface area contributed by atoms with Crippen molar-refractivity contribution >= 4 is 0 Å². The molecule has 0 bridgehead atoms. The molecule has 16 saturated carbocycles. The summed E-state index contributed by atoms with van der Waals surface area (Å²) in [4.78, 5) is 0. The summed E-state index contributed by atoms with van der Waals surface area (Å²) in [7, 11) is 0. The van der Waals surface area contributed by atoms with Crippen LogP contribution in [0.4, 0.5) is 0 Å². The molecule has 28 rings (SSSR count). The lowest BCUT2D eigenvalue weighted by Crippen LogP contribution is -2.57. The smallest absolute Gasteiger partial charge is 0.0809 e. The number of hydrogen-bond acceptors (Lipinski definition) is 13. The fraction of sp³-hybridized carbons (Fsp3) is 1.00. The number of hydrogen-bond donors (Lipinski definition) is 7. The average Bonchev–Trinajstić information content (AvgIpc) is 1.57. The fourth-order valence-electron chi connectivity index (χ4n) is 26.3. The van der Waals surface area contributed by atoms with Crippen molar-refractivity contribution in [1.29, 1.82) is 0 Å². The van der Waals surface area contributed by atoms with Crippen molar-refractivity contribution < 1.29 is 28.4 Å². The van der Waals surface area contributed by atoms with E-state index in [9.17, 15) is 0 Å². The summed E-state index contributed by atoms with van der Waals surface area (Å²) in [6.45, 7) is 28.2. The van der Waals surface area contributed by atoms with Crippen LogP contribution in [-0.4, -0.2) is 169 Å². The van der Waals surface area contributed by atoms with Crippen molar-refractivity contribution in [2.24, 2.45) is 65.0 Å². The Hall–Kier alpha value is -0.520. The van der Waals surface area contributed by atoms with Gasteiger partial charge in [0.25, 0.3) is 0 Å². The lowest BCUT2D eigenvalue weighted by molar-refractivity contribution is -0.127. The molecule has 0 amide bonds. The van der Waals surface area contributed by atoms with E-state index in [1.54, 1.807) is 51.4 Å². The Bertz CT molecular complexity index is 2280. The third-order valence-electron chi connectivity index (χ3n) is 37.3. The predicted molar refractivity (Wildman–Crippen MR) is 471 cm³/mol. The lowest BCUT2D eigenvalue weighted by Gasteiger charge is -2.49. The van der Waals surface area contributed by atoms with Gasteiger partial charge in [-0.05, 0) is 330 Å². The van der Waals surface area contributed by atoms with E-state index in [1.807, 2.05) is 0 Å². The maximum Gasteiger partial charge on any atom is 0.0809 e. The minimum absolute atomic E-state index is 0.318. The Balaban J connectivity index is 0.0000000968. The third kappa shape index (κ3) is 24.5. The molecule has 14 spiro atoms. The van der Waals surface area contributed by atoms with Crippen LogP contribution in [0.15, 0.2) is 0 Å². The molecule has 7 N–H and O–H groups in total. The first-order chi connectivity index (χ1) is 55.8. The summed E-state index contributed by atoms with van der Waals surface area (Å²) in [5, 5.41) is 23.5. The topological polar surface area (TPSA) is 140 Å². The second kappa shape index (κ2) is 41.5. The van der Waals surface area contributed by atoms with Crippen molar-refractivity contribution in [2.75, 3.05) is 158 Å². The molecule has 12 heterocycles. The highest BCUT2D eigenvalue weighted by atomic mass is 16.5. The second-order valence-corrected chi connectivity index (χ2v) is 46.0. The van der Waals surface area contributed by atoms with E-state index in [2.05, 4.69) is 37.2 Å². The van der Waals surface area contributed by atoms with E-state index in [4.69, 9.17) is 28.4 Å². The van der Waals surface area contributed by atoms with Crippen molar-refractivity contribution in [2.45, 2.75) is 416 Å². The van der Waals surface area contributed by atoms with Gasteiger partial charge >= 0.3 is 0 Å². The van der Waals surface area contributed by atoms with Gasteiger partial charge in [0, 0.05) is 116 Å². The molecule has 656 valence electrons. The zero-order valence-corrected chi connectivity index (χ0v) is 74.5. The lowest BCUT2D eigenvalue weighted by atomic mass is 9.56. The van der Waals surface area contributed by atoms with Crippen LogP contribution in [0, 0.1) is 65.0 Å². The van der Waals surface area contributed by atoms with E-state index in [0.29, 0.717) is 27.4 Å². The fourth-order valence-corrected chi connectivity index (χ4v) is 26.3. The Kier molecular flexibility index (Phi) is 32.2. The summed E-state index contributed by atoms with van der Waals surface area (Å²) < 4.78 is 32.2. The number of ether oxygens (including phenoxy) is 6. The van der Waals surface area contributed by atoms with Crippen LogP contribution in [0.1, 0.15) is 405 Å². The monoisotopic (exact) mass is 1590 g/mol. The Morgan fingerprint density at radius 3 is 0.605 bits per heavy atom. The van der Waals surface area contributed by atoms with Crippen molar-refractivity contribution in [3.05, 3.63) is 0 Å². The Morgan fingerprint density at radius 1 is 0.132 bits per heavy atom. The van der Waals surface area contributed by atoms with Crippen LogP contribution in [0.2, 0.25) is 0 Å². The number of rotatable bonds is 0. The van der Waals surface area contributed by atoms with Crippen LogP contribution in [0.3, 0.4) is 0 Å². The first-order valence-electron chi connectivity index (χ1n) is 51.3. The van der Waals surface area contributed by atoms with E-state index < -0.39 is 0 Å². The van der Waals surface area contributed by atoms with Gasteiger partial charge < -0.3 is 65.6 Å². The zero-order chi connectivity index (χ0) is 77.7. The molecule has 28 fully saturated rings. The van der Waals surface area contributed by atoms with Gasteiger partial charge in [-0.1, -0.05) is 141 Å². The summed E-state index contributed by atoms with van der Waals surface area (Å²) in [6, 6.07) is 0. The first kappa shape index (κ1) is 88.3. The zero-order valence-electron chi connectivity index (χ0n) is 74.5. The van der Waals surface area contributed by atoms with Crippen molar-refractivity contribution in [1.82, 2.24) is 37.2 Å². The van der Waals surface area contributed by atoms with Crippen LogP contribution >= 0.6 is 0 Å². The molecule has 0 aromatic rings. The molecule has 0 atom stereocenters. The highest BCUT2D eigenvalue weighted by Crippen LogP contribution is 2.57. The maximum atomic E-state index is 5.70. The second-order valence-electron chi connectivity index (χ2n) is 46.0. The maximum absolute atomic E-state index is 5.70. The predicted octanol–water partition coefficient (Wildman–Crippen LogP) is 21.3. The Labute approximate surface area is 700 Å². The third-order valence-corrected chi connectivity index (χ3v) is 37.3. The molecule has 16 aliphatic carbocycles. The van der Waals surface area contributed by atoms with E-state index in [1.165, 1.54) is 432 Å². The highest BCUT2D eigenvalue weighted by Gasteiger charge is 2.49. The minimum atomic E-state index is 0.318. The van der Waals surface area contributed by atoms with Gasteiger partial charge in [-0.2, -0.15) is 0 Å². The molecule has 12 saturated heterocycles.